The Labute approximate surface area is 117 Å². The molecule has 1 rings (SSSR count). The average Bonchev–Trinajstić information content (AvgIpc) is 2.37. The summed E-state index contributed by atoms with van der Waals surface area (Å²) in [7, 11) is 0. The lowest BCUT2D eigenvalue weighted by Gasteiger charge is -2.09. The quantitative estimate of drug-likeness (QED) is 0.481. The van der Waals surface area contributed by atoms with Crippen LogP contribution >= 0.6 is 15.9 Å². The minimum atomic E-state index is 0.571. The van der Waals surface area contributed by atoms with Crippen LogP contribution in [-0.2, 0) is 0 Å². The molecule has 0 bridgehead atoms. The van der Waals surface area contributed by atoms with Crippen LogP contribution in [0.15, 0.2) is 33.7 Å². The molecule has 0 aliphatic heterocycles. The third kappa shape index (κ3) is 5.91. The molecule has 0 heterocycles. The summed E-state index contributed by atoms with van der Waals surface area (Å²) in [5, 5.41) is 6.33. The minimum Gasteiger partial charge on any atom is -0.492 e. The Morgan fingerprint density at radius 3 is 2.33 bits per heavy atom. The number of guanidine groups is 1. The molecule has 4 nitrogen and oxygen atoms in total. The van der Waals surface area contributed by atoms with Crippen LogP contribution in [0.25, 0.3) is 0 Å². The van der Waals surface area contributed by atoms with Gasteiger partial charge in [0.2, 0.25) is 0 Å². The number of hydrogen-bond donors (Lipinski definition) is 2. The predicted octanol–water partition coefficient (Wildman–Crippen LogP) is 2.40. The van der Waals surface area contributed by atoms with Gasteiger partial charge in [-0.15, -0.1) is 0 Å². The van der Waals surface area contributed by atoms with Gasteiger partial charge in [-0.2, -0.15) is 0 Å². The van der Waals surface area contributed by atoms with Crippen molar-refractivity contribution in [1.82, 2.24) is 10.6 Å². The Bertz CT molecular complexity index is 357. The molecule has 0 amide bonds. The van der Waals surface area contributed by atoms with Gasteiger partial charge >= 0.3 is 0 Å². The van der Waals surface area contributed by atoms with Crippen molar-refractivity contribution in [2.24, 2.45) is 4.99 Å². The molecule has 0 radical (unpaired) electrons. The van der Waals surface area contributed by atoms with Gasteiger partial charge in [-0.3, -0.25) is 0 Å². The first-order chi connectivity index (χ1) is 8.76. The van der Waals surface area contributed by atoms with Gasteiger partial charge in [-0.05, 0) is 38.1 Å². The number of benzene rings is 1. The van der Waals surface area contributed by atoms with Gasteiger partial charge in [-0.25, -0.2) is 4.99 Å². The Morgan fingerprint density at radius 1 is 1.17 bits per heavy atom. The Morgan fingerprint density at radius 2 is 1.78 bits per heavy atom. The summed E-state index contributed by atoms with van der Waals surface area (Å²) < 4.78 is 6.63. The molecular weight excluding hydrogens is 294 g/mol. The van der Waals surface area contributed by atoms with Crippen molar-refractivity contribution >= 4 is 21.9 Å². The maximum atomic E-state index is 5.58. The third-order valence-electron chi connectivity index (χ3n) is 2.13. The molecule has 1 aromatic rings. The van der Waals surface area contributed by atoms with E-state index in [0.29, 0.717) is 13.2 Å². The second kappa shape index (κ2) is 8.80. The summed E-state index contributed by atoms with van der Waals surface area (Å²) in [5.74, 6) is 1.70. The van der Waals surface area contributed by atoms with E-state index < -0.39 is 0 Å². The topological polar surface area (TPSA) is 45.7 Å². The maximum Gasteiger partial charge on any atom is 0.191 e. The van der Waals surface area contributed by atoms with Crippen LogP contribution in [-0.4, -0.2) is 32.2 Å². The van der Waals surface area contributed by atoms with Crippen LogP contribution in [0.2, 0.25) is 0 Å². The van der Waals surface area contributed by atoms with E-state index in [9.17, 15) is 0 Å². The van der Waals surface area contributed by atoms with E-state index in [2.05, 4.69) is 31.6 Å². The Kier molecular flexibility index (Phi) is 7.25. The molecule has 100 valence electrons. The molecule has 0 atom stereocenters. The lowest BCUT2D eigenvalue weighted by atomic mass is 10.3. The largest absolute Gasteiger partial charge is 0.492 e. The van der Waals surface area contributed by atoms with E-state index in [1.165, 1.54) is 0 Å². The first-order valence-electron chi connectivity index (χ1n) is 6.16. The van der Waals surface area contributed by atoms with Crippen LogP contribution in [0.5, 0.6) is 5.75 Å². The van der Waals surface area contributed by atoms with E-state index >= 15 is 0 Å². The fraction of sp³-hybridized carbons (Fsp3) is 0.462. The number of rotatable bonds is 6. The molecule has 0 aliphatic carbocycles. The summed E-state index contributed by atoms with van der Waals surface area (Å²) in [4.78, 5) is 4.40. The van der Waals surface area contributed by atoms with Crippen LogP contribution in [0, 0.1) is 0 Å². The highest BCUT2D eigenvalue weighted by atomic mass is 79.9. The SMILES string of the molecule is CCNC(=NCCOc1ccc(Br)cc1)NCC. The van der Waals surface area contributed by atoms with Gasteiger partial charge in [0.05, 0.1) is 6.54 Å². The van der Waals surface area contributed by atoms with Crippen LogP contribution < -0.4 is 15.4 Å². The fourth-order valence-electron chi connectivity index (χ4n) is 1.36. The molecule has 0 aromatic heterocycles. The lowest BCUT2D eigenvalue weighted by Crippen LogP contribution is -2.37. The molecular formula is C13H20BrN3O. The van der Waals surface area contributed by atoms with Gasteiger partial charge in [0.15, 0.2) is 5.96 Å². The van der Waals surface area contributed by atoms with Gasteiger partial charge in [0.25, 0.3) is 0 Å². The van der Waals surface area contributed by atoms with Crippen LogP contribution in [0.3, 0.4) is 0 Å². The van der Waals surface area contributed by atoms with E-state index in [-0.39, 0.29) is 0 Å². The first-order valence-corrected chi connectivity index (χ1v) is 6.96. The van der Waals surface area contributed by atoms with E-state index in [1.807, 2.05) is 38.1 Å². The van der Waals surface area contributed by atoms with Crippen LogP contribution in [0.1, 0.15) is 13.8 Å². The number of aliphatic imine (C=N–C) groups is 1. The third-order valence-corrected chi connectivity index (χ3v) is 2.66. The molecule has 0 unspecified atom stereocenters. The lowest BCUT2D eigenvalue weighted by molar-refractivity contribution is 0.328. The zero-order chi connectivity index (χ0) is 13.2. The molecule has 0 spiro atoms. The molecule has 2 N–H and O–H groups in total. The smallest absolute Gasteiger partial charge is 0.191 e. The van der Waals surface area contributed by atoms with Crippen LogP contribution in [0.4, 0.5) is 0 Å². The van der Waals surface area contributed by atoms with E-state index in [0.717, 1.165) is 29.3 Å². The molecule has 0 fully saturated rings. The van der Waals surface area contributed by atoms with Crippen molar-refractivity contribution < 1.29 is 4.74 Å². The summed E-state index contributed by atoms with van der Waals surface area (Å²) in [6.45, 7) is 7.02. The molecule has 0 saturated carbocycles. The maximum absolute atomic E-state index is 5.58. The second-order valence-corrected chi connectivity index (χ2v) is 4.51. The van der Waals surface area contributed by atoms with Gasteiger partial charge in [-0.1, -0.05) is 15.9 Å². The molecule has 18 heavy (non-hydrogen) atoms. The van der Waals surface area contributed by atoms with Gasteiger partial charge in [0.1, 0.15) is 12.4 Å². The highest BCUT2D eigenvalue weighted by Crippen LogP contribution is 2.15. The van der Waals surface area contributed by atoms with Crippen molar-refractivity contribution in [3.8, 4) is 5.75 Å². The fourth-order valence-corrected chi connectivity index (χ4v) is 1.63. The average molecular weight is 314 g/mol. The van der Waals surface area contributed by atoms with Crippen molar-refractivity contribution in [3.05, 3.63) is 28.7 Å². The van der Waals surface area contributed by atoms with E-state index in [1.54, 1.807) is 0 Å². The van der Waals surface area contributed by atoms with Gasteiger partial charge < -0.3 is 15.4 Å². The minimum absolute atomic E-state index is 0.571. The molecule has 1 aromatic carbocycles. The normalized spacial score (nSPS) is 9.72. The van der Waals surface area contributed by atoms with Gasteiger partial charge in [0, 0.05) is 17.6 Å². The monoisotopic (exact) mass is 313 g/mol. The highest BCUT2D eigenvalue weighted by molar-refractivity contribution is 9.10. The second-order valence-electron chi connectivity index (χ2n) is 3.59. The van der Waals surface area contributed by atoms with Crippen molar-refractivity contribution in [3.63, 3.8) is 0 Å². The number of ether oxygens (including phenoxy) is 1. The van der Waals surface area contributed by atoms with Crippen molar-refractivity contribution in [1.29, 1.82) is 0 Å². The number of nitrogens with zero attached hydrogens (tertiary/aromatic N) is 1. The summed E-state index contributed by atoms with van der Waals surface area (Å²) in [6, 6.07) is 7.79. The number of hydrogen-bond acceptors (Lipinski definition) is 2. The van der Waals surface area contributed by atoms with Crippen molar-refractivity contribution in [2.45, 2.75) is 13.8 Å². The highest BCUT2D eigenvalue weighted by Gasteiger charge is 1.95. The van der Waals surface area contributed by atoms with Crippen molar-refractivity contribution in [2.75, 3.05) is 26.2 Å². The number of nitrogens with one attached hydrogen (secondary N) is 2. The molecule has 5 heteroatoms. The summed E-state index contributed by atoms with van der Waals surface area (Å²) in [6.07, 6.45) is 0. The first kappa shape index (κ1) is 14.8. The summed E-state index contributed by atoms with van der Waals surface area (Å²) in [5.41, 5.74) is 0. The Hall–Kier alpha value is -1.23. The predicted molar refractivity (Wildman–Crippen MR) is 79.3 cm³/mol. The Balaban J connectivity index is 2.31. The number of halogens is 1. The summed E-state index contributed by atoms with van der Waals surface area (Å²) >= 11 is 3.39. The molecule has 0 saturated heterocycles. The zero-order valence-electron chi connectivity index (χ0n) is 10.9. The zero-order valence-corrected chi connectivity index (χ0v) is 12.5. The molecule has 0 aliphatic rings. The van der Waals surface area contributed by atoms with E-state index in [4.69, 9.17) is 4.74 Å². The standard InChI is InChI=1S/C13H20BrN3O/c1-3-15-13(16-4-2)17-9-10-18-12-7-5-11(14)6-8-12/h5-8H,3-4,9-10H2,1-2H3,(H2,15,16,17).